The second-order valence-electron chi connectivity index (χ2n) is 4.94. The second kappa shape index (κ2) is 4.29. The molecule has 1 rings (SSSR count). The number of nitrogens with one attached hydrogen (secondary N) is 2. The zero-order chi connectivity index (χ0) is 12.4. The molecule has 0 spiro atoms. The van der Waals surface area contributed by atoms with Gasteiger partial charge in [-0.2, -0.15) is 0 Å². The lowest BCUT2D eigenvalue weighted by atomic mass is 9.99. The number of ether oxygens (including phenoxy) is 1. The fraction of sp³-hybridized carbons (Fsp3) is 0.800. The van der Waals surface area contributed by atoms with E-state index >= 15 is 0 Å². The molecule has 1 aliphatic rings. The van der Waals surface area contributed by atoms with Gasteiger partial charge in [0, 0.05) is 6.54 Å². The number of carboxylic acids is 1. The summed E-state index contributed by atoms with van der Waals surface area (Å²) in [5, 5.41) is 14.4. The van der Waals surface area contributed by atoms with Gasteiger partial charge in [0.05, 0.1) is 0 Å². The molecule has 1 saturated heterocycles. The Labute approximate surface area is 94.3 Å². The minimum Gasteiger partial charge on any atom is -0.479 e. The van der Waals surface area contributed by atoms with Crippen LogP contribution in [0.2, 0.25) is 0 Å². The van der Waals surface area contributed by atoms with Crippen LogP contribution in [0.3, 0.4) is 0 Å². The molecule has 6 heteroatoms. The average molecular weight is 230 g/mol. The van der Waals surface area contributed by atoms with E-state index in [1.165, 1.54) is 0 Å². The minimum atomic E-state index is -1.23. The summed E-state index contributed by atoms with van der Waals surface area (Å²) in [6.45, 7) is 5.98. The van der Waals surface area contributed by atoms with Crippen molar-refractivity contribution in [2.45, 2.75) is 38.3 Å². The molecule has 92 valence electrons. The van der Waals surface area contributed by atoms with Crippen molar-refractivity contribution in [3.05, 3.63) is 0 Å². The molecule has 1 amide bonds. The molecule has 1 atom stereocenters. The van der Waals surface area contributed by atoms with Gasteiger partial charge in [0.2, 0.25) is 0 Å². The first kappa shape index (κ1) is 12.8. The van der Waals surface area contributed by atoms with E-state index in [-0.39, 0.29) is 6.54 Å². The maximum atomic E-state index is 11.5. The van der Waals surface area contributed by atoms with E-state index in [9.17, 15) is 9.59 Å². The van der Waals surface area contributed by atoms with Crippen LogP contribution < -0.4 is 10.6 Å². The van der Waals surface area contributed by atoms with Gasteiger partial charge in [0.25, 0.3) is 0 Å². The van der Waals surface area contributed by atoms with Crippen LogP contribution in [0.4, 0.5) is 4.79 Å². The monoisotopic (exact) mass is 230 g/mol. The van der Waals surface area contributed by atoms with Gasteiger partial charge >= 0.3 is 12.1 Å². The summed E-state index contributed by atoms with van der Waals surface area (Å²) in [4.78, 5) is 22.6. The number of rotatable bonds is 2. The standard InChI is InChI=1S/C10H18N2O4/c1-9(2,3)16-8(15)12-10(7(13)14)4-5-11-6-10/h11H,4-6H2,1-3H3,(H,12,15)(H,13,14). The van der Waals surface area contributed by atoms with Crippen LogP contribution in [0.1, 0.15) is 27.2 Å². The Balaban J connectivity index is 2.63. The van der Waals surface area contributed by atoms with Crippen LogP contribution in [0.25, 0.3) is 0 Å². The maximum absolute atomic E-state index is 11.5. The average Bonchev–Trinajstić information content (AvgIpc) is 2.49. The fourth-order valence-electron chi connectivity index (χ4n) is 1.53. The number of alkyl carbamates (subject to hydrolysis) is 1. The van der Waals surface area contributed by atoms with E-state index in [1.54, 1.807) is 20.8 Å². The Hall–Kier alpha value is -1.30. The van der Waals surface area contributed by atoms with Crippen molar-refractivity contribution in [2.24, 2.45) is 0 Å². The van der Waals surface area contributed by atoms with Gasteiger partial charge in [-0.05, 0) is 33.7 Å². The maximum Gasteiger partial charge on any atom is 0.408 e. The van der Waals surface area contributed by atoms with E-state index in [0.29, 0.717) is 13.0 Å². The van der Waals surface area contributed by atoms with Crippen molar-refractivity contribution in [1.82, 2.24) is 10.6 Å². The van der Waals surface area contributed by atoms with Crippen molar-refractivity contribution in [3.8, 4) is 0 Å². The van der Waals surface area contributed by atoms with Crippen molar-refractivity contribution in [1.29, 1.82) is 0 Å². The molecule has 0 aliphatic carbocycles. The van der Waals surface area contributed by atoms with Gasteiger partial charge in [-0.1, -0.05) is 0 Å². The van der Waals surface area contributed by atoms with E-state index in [4.69, 9.17) is 9.84 Å². The van der Waals surface area contributed by atoms with Crippen molar-refractivity contribution >= 4 is 12.1 Å². The SMILES string of the molecule is CC(C)(C)OC(=O)NC1(C(=O)O)CCNC1. The molecule has 0 aromatic heterocycles. The summed E-state index contributed by atoms with van der Waals surface area (Å²) in [5.74, 6) is -1.04. The third kappa shape index (κ3) is 3.10. The highest BCUT2D eigenvalue weighted by atomic mass is 16.6. The topological polar surface area (TPSA) is 87.7 Å². The van der Waals surface area contributed by atoms with Gasteiger partial charge in [0.15, 0.2) is 5.54 Å². The number of carboxylic acid groups (broad SMARTS) is 1. The molecule has 1 heterocycles. The Kier molecular flexibility index (Phi) is 3.42. The first-order chi connectivity index (χ1) is 7.25. The molecular formula is C10H18N2O4. The lowest BCUT2D eigenvalue weighted by molar-refractivity contribution is -0.144. The molecule has 0 saturated carbocycles. The van der Waals surface area contributed by atoms with Crippen LogP contribution in [0.15, 0.2) is 0 Å². The van der Waals surface area contributed by atoms with Crippen molar-refractivity contribution < 1.29 is 19.4 Å². The van der Waals surface area contributed by atoms with E-state index in [1.807, 2.05) is 0 Å². The Morgan fingerprint density at radius 1 is 1.44 bits per heavy atom. The van der Waals surface area contributed by atoms with Crippen LogP contribution in [-0.4, -0.2) is 41.4 Å². The zero-order valence-corrected chi connectivity index (χ0v) is 9.79. The summed E-state index contributed by atoms with van der Waals surface area (Å²) >= 11 is 0. The van der Waals surface area contributed by atoms with Gasteiger partial charge in [0.1, 0.15) is 5.60 Å². The molecule has 1 unspecified atom stereocenters. The summed E-state index contributed by atoms with van der Waals surface area (Å²) < 4.78 is 5.03. The number of hydrogen-bond acceptors (Lipinski definition) is 4. The highest BCUT2D eigenvalue weighted by Gasteiger charge is 2.43. The fourth-order valence-corrected chi connectivity index (χ4v) is 1.53. The van der Waals surface area contributed by atoms with Crippen LogP contribution in [0, 0.1) is 0 Å². The first-order valence-corrected chi connectivity index (χ1v) is 5.20. The van der Waals surface area contributed by atoms with Crippen molar-refractivity contribution in [2.75, 3.05) is 13.1 Å². The third-order valence-corrected chi connectivity index (χ3v) is 2.30. The number of amides is 1. The van der Waals surface area contributed by atoms with Gasteiger partial charge < -0.3 is 20.5 Å². The Morgan fingerprint density at radius 2 is 2.06 bits per heavy atom. The molecule has 1 fully saturated rings. The lowest BCUT2D eigenvalue weighted by Crippen LogP contribution is -2.56. The van der Waals surface area contributed by atoms with E-state index in [0.717, 1.165) is 0 Å². The smallest absolute Gasteiger partial charge is 0.408 e. The van der Waals surface area contributed by atoms with Crippen LogP contribution >= 0.6 is 0 Å². The Morgan fingerprint density at radius 3 is 2.44 bits per heavy atom. The number of carbonyl (C=O) groups is 2. The molecule has 0 aromatic carbocycles. The molecule has 1 aliphatic heterocycles. The largest absolute Gasteiger partial charge is 0.479 e. The van der Waals surface area contributed by atoms with E-state index < -0.39 is 23.2 Å². The van der Waals surface area contributed by atoms with Crippen molar-refractivity contribution in [3.63, 3.8) is 0 Å². The third-order valence-electron chi connectivity index (χ3n) is 2.30. The highest BCUT2D eigenvalue weighted by Crippen LogP contribution is 2.16. The number of aliphatic carboxylic acids is 1. The van der Waals surface area contributed by atoms with Crippen LogP contribution in [-0.2, 0) is 9.53 Å². The summed E-state index contributed by atoms with van der Waals surface area (Å²) in [6.07, 6.45) is -0.333. The normalized spacial score (nSPS) is 25.2. The van der Waals surface area contributed by atoms with Crippen LogP contribution in [0.5, 0.6) is 0 Å². The second-order valence-corrected chi connectivity index (χ2v) is 4.94. The Bertz CT molecular complexity index is 290. The predicted molar refractivity (Wildman–Crippen MR) is 57.2 cm³/mol. The molecule has 3 N–H and O–H groups in total. The summed E-state index contributed by atoms with van der Waals surface area (Å²) in [7, 11) is 0. The van der Waals surface area contributed by atoms with Gasteiger partial charge in [-0.15, -0.1) is 0 Å². The summed E-state index contributed by atoms with van der Waals surface area (Å²) in [5.41, 5.74) is -1.86. The number of hydrogen-bond donors (Lipinski definition) is 3. The van der Waals surface area contributed by atoms with E-state index in [2.05, 4.69) is 10.6 Å². The minimum absolute atomic E-state index is 0.224. The number of carbonyl (C=O) groups excluding carboxylic acids is 1. The highest BCUT2D eigenvalue weighted by molar-refractivity contribution is 5.85. The zero-order valence-electron chi connectivity index (χ0n) is 9.79. The molecular weight excluding hydrogens is 212 g/mol. The molecule has 6 nitrogen and oxygen atoms in total. The summed E-state index contributed by atoms with van der Waals surface area (Å²) in [6, 6.07) is 0. The lowest BCUT2D eigenvalue weighted by Gasteiger charge is -2.27. The van der Waals surface area contributed by atoms with Gasteiger partial charge in [-0.3, -0.25) is 0 Å². The molecule has 0 radical (unpaired) electrons. The molecule has 16 heavy (non-hydrogen) atoms. The predicted octanol–water partition coefficient (Wildman–Crippen LogP) is 0.328. The molecule has 0 aromatic rings. The van der Waals surface area contributed by atoms with Gasteiger partial charge in [-0.25, -0.2) is 9.59 Å². The molecule has 0 bridgehead atoms. The first-order valence-electron chi connectivity index (χ1n) is 5.20. The quantitative estimate of drug-likeness (QED) is 0.636.